The third-order valence-electron chi connectivity index (χ3n) is 3.59. The number of hydrogen-bond donors (Lipinski definition) is 2. The fraction of sp³-hybridized carbons (Fsp3) is 0.125. The van der Waals surface area contributed by atoms with Crippen molar-refractivity contribution in [3.05, 3.63) is 58.0 Å². The van der Waals surface area contributed by atoms with Gasteiger partial charge in [0.1, 0.15) is 5.75 Å². The standard InChI is InChI=1S/C16H15N3O3/c1-9-6-13-14(8-12(9)17)19(16(21)18-13)15(20)10-4-3-5-11(7-10)22-2/h3-8H,17H2,1-2H3,(H,18,21). The van der Waals surface area contributed by atoms with Crippen LogP contribution in [0.3, 0.4) is 0 Å². The number of nitrogens with one attached hydrogen (secondary N) is 1. The van der Waals surface area contributed by atoms with Crippen LogP contribution in [-0.4, -0.2) is 22.6 Å². The van der Waals surface area contributed by atoms with Gasteiger partial charge in [-0.05, 0) is 42.8 Å². The number of aryl methyl sites for hydroxylation is 1. The van der Waals surface area contributed by atoms with Crippen molar-refractivity contribution < 1.29 is 9.53 Å². The molecule has 6 nitrogen and oxygen atoms in total. The molecule has 112 valence electrons. The number of rotatable bonds is 2. The molecule has 1 heterocycles. The second-order valence-corrected chi connectivity index (χ2v) is 5.03. The highest BCUT2D eigenvalue weighted by Gasteiger charge is 2.17. The summed E-state index contributed by atoms with van der Waals surface area (Å²) in [5.74, 6) is 0.118. The average Bonchev–Trinajstić information content (AvgIpc) is 2.82. The Morgan fingerprint density at radius 2 is 2.05 bits per heavy atom. The molecule has 0 aliphatic heterocycles. The van der Waals surface area contributed by atoms with Gasteiger partial charge in [0.25, 0.3) is 5.91 Å². The normalized spacial score (nSPS) is 10.8. The summed E-state index contributed by atoms with van der Waals surface area (Å²) in [7, 11) is 1.52. The van der Waals surface area contributed by atoms with Crippen LogP contribution in [-0.2, 0) is 0 Å². The second kappa shape index (κ2) is 5.07. The Labute approximate surface area is 126 Å². The summed E-state index contributed by atoms with van der Waals surface area (Å²) in [6.07, 6.45) is 0. The number of aromatic amines is 1. The van der Waals surface area contributed by atoms with Crippen LogP contribution >= 0.6 is 0 Å². The molecule has 0 bridgehead atoms. The first-order valence-electron chi connectivity index (χ1n) is 6.71. The van der Waals surface area contributed by atoms with Gasteiger partial charge in [0.15, 0.2) is 0 Å². The van der Waals surface area contributed by atoms with E-state index in [0.29, 0.717) is 28.0 Å². The number of nitrogens with two attached hydrogens (primary N) is 1. The van der Waals surface area contributed by atoms with Crippen molar-refractivity contribution >= 4 is 22.6 Å². The summed E-state index contributed by atoms with van der Waals surface area (Å²) in [6.45, 7) is 1.84. The second-order valence-electron chi connectivity index (χ2n) is 5.03. The number of aromatic nitrogens is 2. The third kappa shape index (κ3) is 2.14. The van der Waals surface area contributed by atoms with Gasteiger partial charge < -0.3 is 15.5 Å². The van der Waals surface area contributed by atoms with Crippen LogP contribution in [0.5, 0.6) is 5.75 Å². The van der Waals surface area contributed by atoms with Gasteiger partial charge in [-0.25, -0.2) is 9.36 Å². The number of anilines is 1. The maximum absolute atomic E-state index is 12.7. The number of imidazole rings is 1. The van der Waals surface area contributed by atoms with Gasteiger partial charge in [-0.2, -0.15) is 0 Å². The minimum Gasteiger partial charge on any atom is -0.497 e. The highest BCUT2D eigenvalue weighted by molar-refractivity contribution is 6.01. The van der Waals surface area contributed by atoms with Crippen molar-refractivity contribution in [1.82, 2.24) is 9.55 Å². The van der Waals surface area contributed by atoms with Crippen LogP contribution < -0.4 is 16.2 Å². The fourth-order valence-corrected chi connectivity index (χ4v) is 2.37. The molecule has 0 saturated heterocycles. The fourth-order valence-electron chi connectivity index (χ4n) is 2.37. The number of nitrogen functional groups attached to an aromatic ring is 1. The first-order chi connectivity index (χ1) is 10.5. The number of hydrogen-bond acceptors (Lipinski definition) is 4. The summed E-state index contributed by atoms with van der Waals surface area (Å²) < 4.78 is 6.19. The molecule has 2 aromatic carbocycles. The molecule has 0 spiro atoms. The SMILES string of the molecule is COc1cccc(C(=O)n2c(=O)[nH]c3cc(C)c(N)cc32)c1. The van der Waals surface area contributed by atoms with Crippen LogP contribution in [0, 0.1) is 6.92 Å². The quantitative estimate of drug-likeness (QED) is 0.707. The van der Waals surface area contributed by atoms with Crippen LogP contribution in [0.4, 0.5) is 5.69 Å². The summed E-state index contributed by atoms with van der Waals surface area (Å²) in [5, 5.41) is 0. The summed E-state index contributed by atoms with van der Waals surface area (Å²) >= 11 is 0. The van der Waals surface area contributed by atoms with Crippen molar-refractivity contribution in [3.8, 4) is 5.75 Å². The van der Waals surface area contributed by atoms with Gasteiger partial charge in [-0.1, -0.05) is 6.07 Å². The minimum atomic E-state index is -0.493. The summed E-state index contributed by atoms with van der Waals surface area (Å²) in [5.41, 5.74) is 8.16. The number of nitrogens with zero attached hydrogens (tertiary/aromatic N) is 1. The molecule has 0 fully saturated rings. The van der Waals surface area contributed by atoms with Crippen molar-refractivity contribution in [3.63, 3.8) is 0 Å². The van der Waals surface area contributed by atoms with E-state index in [-0.39, 0.29) is 0 Å². The predicted octanol–water partition coefficient (Wildman–Crippen LogP) is 1.92. The Bertz CT molecular complexity index is 937. The zero-order valence-corrected chi connectivity index (χ0v) is 12.2. The van der Waals surface area contributed by atoms with Gasteiger partial charge in [-0.3, -0.25) is 4.79 Å². The van der Waals surface area contributed by atoms with E-state index in [1.165, 1.54) is 7.11 Å². The topological polar surface area (TPSA) is 90.1 Å². The number of ether oxygens (including phenoxy) is 1. The number of fused-ring (bicyclic) bond motifs is 1. The van der Waals surface area contributed by atoms with E-state index in [2.05, 4.69) is 4.98 Å². The van der Waals surface area contributed by atoms with E-state index in [1.54, 1.807) is 36.4 Å². The summed E-state index contributed by atoms with van der Waals surface area (Å²) in [6, 6.07) is 10.0. The molecule has 0 radical (unpaired) electrons. The molecule has 0 amide bonds. The smallest absolute Gasteiger partial charge is 0.333 e. The van der Waals surface area contributed by atoms with E-state index in [9.17, 15) is 9.59 Å². The molecule has 0 aliphatic rings. The third-order valence-corrected chi connectivity index (χ3v) is 3.59. The molecule has 1 aromatic heterocycles. The lowest BCUT2D eigenvalue weighted by Crippen LogP contribution is -2.24. The maximum Gasteiger partial charge on any atom is 0.333 e. The van der Waals surface area contributed by atoms with Gasteiger partial charge in [0.05, 0.1) is 18.1 Å². The van der Waals surface area contributed by atoms with Crippen LogP contribution in [0.2, 0.25) is 0 Å². The largest absolute Gasteiger partial charge is 0.497 e. The molecule has 6 heteroatoms. The minimum absolute atomic E-state index is 0.362. The Morgan fingerprint density at radius 1 is 1.27 bits per heavy atom. The molecular weight excluding hydrogens is 282 g/mol. The van der Waals surface area contributed by atoms with Crippen LogP contribution in [0.15, 0.2) is 41.2 Å². The lowest BCUT2D eigenvalue weighted by atomic mass is 10.1. The Balaban J connectivity index is 2.20. The molecule has 0 aliphatic carbocycles. The van der Waals surface area contributed by atoms with E-state index >= 15 is 0 Å². The van der Waals surface area contributed by atoms with E-state index in [0.717, 1.165) is 10.1 Å². The lowest BCUT2D eigenvalue weighted by molar-refractivity contribution is 0.0960. The number of benzene rings is 2. The molecule has 3 rings (SSSR count). The molecule has 3 N–H and O–H groups in total. The van der Waals surface area contributed by atoms with Crippen molar-refractivity contribution in [2.24, 2.45) is 0 Å². The van der Waals surface area contributed by atoms with Crippen molar-refractivity contribution in [2.75, 3.05) is 12.8 Å². The first kappa shape index (κ1) is 13.9. The van der Waals surface area contributed by atoms with E-state index in [1.807, 2.05) is 6.92 Å². The highest BCUT2D eigenvalue weighted by atomic mass is 16.5. The van der Waals surface area contributed by atoms with Crippen molar-refractivity contribution in [1.29, 1.82) is 0 Å². The molecule has 3 aromatic rings. The Hall–Kier alpha value is -3.02. The Morgan fingerprint density at radius 3 is 2.77 bits per heavy atom. The monoisotopic (exact) mass is 297 g/mol. The lowest BCUT2D eigenvalue weighted by Gasteiger charge is -2.06. The number of carbonyl (C=O) groups is 1. The molecule has 22 heavy (non-hydrogen) atoms. The molecule has 0 saturated carbocycles. The number of carbonyl (C=O) groups excluding carboxylic acids is 1. The predicted molar refractivity (Wildman–Crippen MR) is 84.4 cm³/mol. The summed E-state index contributed by atoms with van der Waals surface area (Å²) in [4.78, 5) is 27.5. The molecular formula is C16H15N3O3. The zero-order chi connectivity index (χ0) is 15.9. The van der Waals surface area contributed by atoms with Crippen LogP contribution in [0.1, 0.15) is 15.9 Å². The number of H-pyrrole nitrogens is 1. The van der Waals surface area contributed by atoms with Gasteiger partial charge in [0, 0.05) is 11.3 Å². The van der Waals surface area contributed by atoms with Crippen LogP contribution in [0.25, 0.3) is 11.0 Å². The van der Waals surface area contributed by atoms with Gasteiger partial charge in [0.2, 0.25) is 0 Å². The molecule has 0 atom stereocenters. The maximum atomic E-state index is 12.7. The Kier molecular flexibility index (Phi) is 3.21. The zero-order valence-electron chi connectivity index (χ0n) is 12.2. The molecule has 0 unspecified atom stereocenters. The average molecular weight is 297 g/mol. The highest BCUT2D eigenvalue weighted by Crippen LogP contribution is 2.20. The van der Waals surface area contributed by atoms with E-state index < -0.39 is 11.6 Å². The van der Waals surface area contributed by atoms with Crippen molar-refractivity contribution in [2.45, 2.75) is 6.92 Å². The number of methoxy groups -OCH3 is 1. The van der Waals surface area contributed by atoms with Gasteiger partial charge in [-0.15, -0.1) is 0 Å². The first-order valence-corrected chi connectivity index (χ1v) is 6.71. The van der Waals surface area contributed by atoms with E-state index in [4.69, 9.17) is 10.5 Å². The van der Waals surface area contributed by atoms with Gasteiger partial charge >= 0.3 is 5.69 Å².